The molecule has 0 saturated carbocycles. The Balaban J connectivity index is 1.98. The summed E-state index contributed by atoms with van der Waals surface area (Å²) in [7, 11) is 0. The number of rotatable bonds is 4. The quantitative estimate of drug-likeness (QED) is 0.808. The molecule has 0 fully saturated rings. The molecule has 1 heterocycles. The number of nitrogens with one attached hydrogen (secondary N) is 2. The zero-order valence-corrected chi connectivity index (χ0v) is 12.8. The fourth-order valence-corrected chi connectivity index (χ4v) is 2.51. The number of carbonyl (C=O) groups excluding carboxylic acids is 1. The Morgan fingerprint density at radius 3 is 2.77 bits per heavy atom. The number of aromatic nitrogens is 1. The van der Waals surface area contributed by atoms with Crippen LogP contribution in [0.4, 0.5) is 18.7 Å². The van der Waals surface area contributed by atoms with E-state index in [-0.39, 0.29) is 12.1 Å². The number of aryl methyl sites for hydroxylation is 1. The highest BCUT2D eigenvalue weighted by molar-refractivity contribution is 7.13. The predicted molar refractivity (Wildman–Crippen MR) is 79.8 cm³/mol. The van der Waals surface area contributed by atoms with Gasteiger partial charge in [0, 0.05) is 17.0 Å². The number of thiazole rings is 1. The van der Waals surface area contributed by atoms with E-state index in [1.807, 2.05) is 0 Å². The molecule has 0 aliphatic rings. The number of hydrogen-bond acceptors (Lipinski definition) is 4. The highest BCUT2D eigenvalue weighted by Gasteiger charge is 2.27. The third-order valence-electron chi connectivity index (χ3n) is 2.94. The standard InChI is InChI=1S/C14H15F2N3O2S/c1-8-6-22-13(18-8)19-12(20)17-7-14(2,21)10-4-3-9(15)5-11(10)16/h3-6,21H,7H2,1-2H3,(H2,17,18,19,20). The molecule has 2 rings (SSSR count). The molecule has 1 unspecified atom stereocenters. The van der Waals surface area contributed by atoms with E-state index in [1.165, 1.54) is 18.3 Å². The van der Waals surface area contributed by atoms with Crippen LogP contribution in [-0.4, -0.2) is 22.7 Å². The zero-order chi connectivity index (χ0) is 16.3. The maximum Gasteiger partial charge on any atom is 0.321 e. The van der Waals surface area contributed by atoms with Crippen LogP contribution in [0.15, 0.2) is 23.6 Å². The minimum absolute atomic E-state index is 0.0979. The van der Waals surface area contributed by atoms with Gasteiger partial charge in [0.15, 0.2) is 5.13 Å². The molecule has 0 spiro atoms. The van der Waals surface area contributed by atoms with Crippen molar-refractivity contribution in [2.24, 2.45) is 0 Å². The van der Waals surface area contributed by atoms with Gasteiger partial charge in [0.2, 0.25) is 0 Å². The highest BCUT2D eigenvalue weighted by atomic mass is 32.1. The second-order valence-electron chi connectivity index (χ2n) is 5.00. The molecular formula is C14H15F2N3O2S. The Hall–Kier alpha value is -2.06. The molecule has 22 heavy (non-hydrogen) atoms. The first kappa shape index (κ1) is 16.3. The number of benzene rings is 1. The van der Waals surface area contributed by atoms with Crippen molar-refractivity contribution in [1.29, 1.82) is 0 Å². The van der Waals surface area contributed by atoms with Gasteiger partial charge in [-0.05, 0) is 19.9 Å². The SMILES string of the molecule is Cc1csc(NC(=O)NCC(C)(O)c2ccc(F)cc2F)n1. The summed E-state index contributed by atoms with van der Waals surface area (Å²) in [6.45, 7) is 2.88. The first-order valence-electron chi connectivity index (χ1n) is 6.43. The van der Waals surface area contributed by atoms with Crippen molar-refractivity contribution in [2.75, 3.05) is 11.9 Å². The van der Waals surface area contributed by atoms with Crippen molar-refractivity contribution in [1.82, 2.24) is 10.3 Å². The molecule has 0 bridgehead atoms. The van der Waals surface area contributed by atoms with Crippen LogP contribution in [0, 0.1) is 18.6 Å². The van der Waals surface area contributed by atoms with Crippen molar-refractivity contribution < 1.29 is 18.7 Å². The van der Waals surface area contributed by atoms with Gasteiger partial charge in [0.05, 0.1) is 12.2 Å². The largest absolute Gasteiger partial charge is 0.383 e. The molecule has 3 N–H and O–H groups in total. The molecule has 1 aromatic carbocycles. The third kappa shape index (κ3) is 3.99. The van der Waals surface area contributed by atoms with Gasteiger partial charge in [-0.1, -0.05) is 6.07 Å². The topological polar surface area (TPSA) is 74.2 Å². The summed E-state index contributed by atoms with van der Waals surface area (Å²) in [6.07, 6.45) is 0. The van der Waals surface area contributed by atoms with Crippen LogP contribution >= 0.6 is 11.3 Å². The van der Waals surface area contributed by atoms with Crippen LogP contribution in [-0.2, 0) is 5.60 Å². The van der Waals surface area contributed by atoms with Crippen LogP contribution in [0.3, 0.4) is 0 Å². The summed E-state index contributed by atoms with van der Waals surface area (Å²) in [5, 5.41) is 17.4. The number of nitrogens with zero attached hydrogens (tertiary/aromatic N) is 1. The van der Waals surface area contributed by atoms with Crippen LogP contribution in [0.1, 0.15) is 18.2 Å². The van der Waals surface area contributed by atoms with E-state index in [4.69, 9.17) is 0 Å². The number of amides is 2. The molecule has 2 aromatic rings. The monoisotopic (exact) mass is 327 g/mol. The number of halogens is 2. The highest BCUT2D eigenvalue weighted by Crippen LogP contribution is 2.23. The fourth-order valence-electron chi connectivity index (χ4n) is 1.83. The van der Waals surface area contributed by atoms with Crippen molar-refractivity contribution in [3.63, 3.8) is 0 Å². The minimum atomic E-state index is -1.67. The number of anilines is 1. The average molecular weight is 327 g/mol. The number of hydrogen-bond donors (Lipinski definition) is 3. The molecule has 0 aliphatic heterocycles. The van der Waals surface area contributed by atoms with E-state index in [0.717, 1.165) is 17.8 Å². The Morgan fingerprint density at radius 1 is 1.45 bits per heavy atom. The first-order valence-corrected chi connectivity index (χ1v) is 7.31. The van der Waals surface area contributed by atoms with E-state index in [1.54, 1.807) is 12.3 Å². The Morgan fingerprint density at radius 2 is 2.18 bits per heavy atom. The molecule has 8 heteroatoms. The lowest BCUT2D eigenvalue weighted by molar-refractivity contribution is 0.0561. The van der Waals surface area contributed by atoms with Crippen LogP contribution < -0.4 is 10.6 Å². The summed E-state index contributed by atoms with van der Waals surface area (Å²) >= 11 is 1.26. The lowest BCUT2D eigenvalue weighted by atomic mass is 9.95. The van der Waals surface area contributed by atoms with Crippen LogP contribution in [0.25, 0.3) is 0 Å². The van der Waals surface area contributed by atoms with E-state index >= 15 is 0 Å². The summed E-state index contributed by atoms with van der Waals surface area (Å²) in [5.74, 6) is -1.61. The lowest BCUT2D eigenvalue weighted by Crippen LogP contribution is -2.41. The minimum Gasteiger partial charge on any atom is -0.383 e. The van der Waals surface area contributed by atoms with Gasteiger partial charge in [-0.2, -0.15) is 0 Å². The molecule has 1 aromatic heterocycles. The molecule has 118 valence electrons. The van der Waals surface area contributed by atoms with E-state index in [9.17, 15) is 18.7 Å². The molecule has 1 atom stereocenters. The number of urea groups is 1. The van der Waals surface area contributed by atoms with Crippen LogP contribution in [0.5, 0.6) is 0 Å². The molecule has 5 nitrogen and oxygen atoms in total. The van der Waals surface area contributed by atoms with E-state index in [2.05, 4.69) is 15.6 Å². The van der Waals surface area contributed by atoms with E-state index in [0.29, 0.717) is 11.2 Å². The van der Waals surface area contributed by atoms with Gasteiger partial charge in [-0.25, -0.2) is 18.6 Å². The number of aliphatic hydroxyl groups is 1. The second-order valence-corrected chi connectivity index (χ2v) is 5.86. The fraction of sp³-hybridized carbons (Fsp3) is 0.286. The summed E-state index contributed by atoms with van der Waals surface area (Å²) in [6, 6.07) is 2.30. The van der Waals surface area contributed by atoms with Crippen molar-refractivity contribution in [3.8, 4) is 0 Å². The molecule has 0 aliphatic carbocycles. The van der Waals surface area contributed by atoms with Gasteiger partial charge in [0.25, 0.3) is 0 Å². The lowest BCUT2D eigenvalue weighted by Gasteiger charge is -2.24. The molecule has 0 radical (unpaired) electrons. The summed E-state index contributed by atoms with van der Waals surface area (Å²) in [4.78, 5) is 15.8. The van der Waals surface area contributed by atoms with Gasteiger partial charge in [-0.15, -0.1) is 11.3 Å². The maximum atomic E-state index is 13.7. The summed E-state index contributed by atoms with van der Waals surface area (Å²) < 4.78 is 26.6. The normalized spacial score (nSPS) is 13.5. The van der Waals surface area contributed by atoms with Gasteiger partial charge in [0.1, 0.15) is 17.2 Å². The smallest absolute Gasteiger partial charge is 0.321 e. The predicted octanol–water partition coefficient (Wildman–Crippen LogP) is 2.76. The second kappa shape index (κ2) is 6.37. The van der Waals surface area contributed by atoms with E-state index < -0.39 is 23.3 Å². The first-order chi connectivity index (χ1) is 10.3. The van der Waals surface area contributed by atoms with Gasteiger partial charge >= 0.3 is 6.03 Å². The molecule has 2 amide bonds. The molecular weight excluding hydrogens is 312 g/mol. The van der Waals surface area contributed by atoms with Crippen molar-refractivity contribution in [3.05, 3.63) is 46.5 Å². The van der Waals surface area contributed by atoms with Gasteiger partial charge in [-0.3, -0.25) is 5.32 Å². The van der Waals surface area contributed by atoms with Crippen molar-refractivity contribution >= 4 is 22.5 Å². The molecule has 0 saturated heterocycles. The third-order valence-corrected chi connectivity index (χ3v) is 3.82. The van der Waals surface area contributed by atoms with Gasteiger partial charge < -0.3 is 10.4 Å². The average Bonchev–Trinajstić information content (AvgIpc) is 2.81. The maximum absolute atomic E-state index is 13.7. The zero-order valence-electron chi connectivity index (χ0n) is 12.0. The Kier molecular flexibility index (Phi) is 4.72. The van der Waals surface area contributed by atoms with Crippen LogP contribution in [0.2, 0.25) is 0 Å². The Bertz CT molecular complexity index is 688. The number of carbonyl (C=O) groups is 1. The summed E-state index contributed by atoms with van der Waals surface area (Å²) in [5.41, 5.74) is -0.992. The Labute approximate surface area is 130 Å². The van der Waals surface area contributed by atoms with Crippen molar-refractivity contribution in [2.45, 2.75) is 19.4 Å².